The highest BCUT2D eigenvalue weighted by molar-refractivity contribution is 5.86. The van der Waals surface area contributed by atoms with Gasteiger partial charge in [-0.2, -0.15) is 0 Å². The van der Waals surface area contributed by atoms with Gasteiger partial charge >= 0.3 is 11.9 Å². The van der Waals surface area contributed by atoms with Crippen LogP contribution in [0.25, 0.3) is 0 Å². The summed E-state index contributed by atoms with van der Waals surface area (Å²) in [5.41, 5.74) is -2.36. The van der Waals surface area contributed by atoms with Gasteiger partial charge in [0.25, 0.3) is 0 Å². The lowest BCUT2D eigenvalue weighted by molar-refractivity contribution is -0.281. The molecule has 1 aromatic heterocycles. The van der Waals surface area contributed by atoms with Crippen molar-refractivity contribution in [3.63, 3.8) is 0 Å². The van der Waals surface area contributed by atoms with E-state index in [2.05, 4.69) is 20.8 Å². The fourth-order valence-electron chi connectivity index (χ4n) is 9.96. The van der Waals surface area contributed by atoms with Crippen LogP contribution in [0.1, 0.15) is 78.9 Å². The Balaban J connectivity index is 1.56. The van der Waals surface area contributed by atoms with Crippen LogP contribution < -0.4 is 0 Å². The molecule has 37 heavy (non-hydrogen) atoms. The summed E-state index contributed by atoms with van der Waals surface area (Å²) in [6, 6.07) is 1.84. The molecule has 3 saturated carbocycles. The Morgan fingerprint density at radius 3 is 2.41 bits per heavy atom. The van der Waals surface area contributed by atoms with Gasteiger partial charge in [-0.3, -0.25) is 9.59 Å². The quantitative estimate of drug-likeness (QED) is 0.432. The van der Waals surface area contributed by atoms with Gasteiger partial charge < -0.3 is 23.4 Å². The van der Waals surface area contributed by atoms with Crippen molar-refractivity contribution in [1.82, 2.24) is 0 Å². The Hall–Kier alpha value is -2.19. The molecule has 202 valence electrons. The zero-order valence-corrected chi connectivity index (χ0v) is 22.8. The van der Waals surface area contributed by atoms with Gasteiger partial charge in [0, 0.05) is 47.7 Å². The molecule has 0 aromatic carbocycles. The van der Waals surface area contributed by atoms with Gasteiger partial charge in [-0.25, -0.2) is 4.79 Å². The lowest BCUT2D eigenvalue weighted by Crippen LogP contribution is -2.75. The summed E-state index contributed by atoms with van der Waals surface area (Å²) in [6.45, 7) is 12.0. The second kappa shape index (κ2) is 7.47. The first kappa shape index (κ1) is 25.1. The summed E-state index contributed by atoms with van der Waals surface area (Å²) >= 11 is 0. The first-order valence-electron chi connectivity index (χ1n) is 13.4. The van der Waals surface area contributed by atoms with Crippen molar-refractivity contribution in [2.45, 2.75) is 97.2 Å². The van der Waals surface area contributed by atoms with Crippen LogP contribution in [-0.4, -0.2) is 48.7 Å². The number of furan rings is 1. The highest BCUT2D eigenvalue weighted by Crippen LogP contribution is 2.80. The highest BCUT2D eigenvalue weighted by Gasteiger charge is 2.89. The molecule has 2 saturated heterocycles. The molecule has 0 N–H and O–H groups in total. The molecule has 1 aromatic rings. The summed E-state index contributed by atoms with van der Waals surface area (Å²) < 4.78 is 30.2. The molecular weight excluding hydrogens is 476 g/mol. The van der Waals surface area contributed by atoms with E-state index in [0.717, 1.165) is 18.4 Å². The summed E-state index contributed by atoms with van der Waals surface area (Å²) in [4.78, 5) is 39.2. The van der Waals surface area contributed by atoms with Gasteiger partial charge in [0.2, 0.25) is 0 Å². The molecular formula is C29H38O8. The third kappa shape index (κ3) is 2.74. The van der Waals surface area contributed by atoms with Crippen molar-refractivity contribution >= 4 is 17.7 Å². The molecule has 6 rings (SSSR count). The number of fused-ring (bicyclic) bond motifs is 3. The van der Waals surface area contributed by atoms with Crippen molar-refractivity contribution in [1.29, 1.82) is 0 Å². The molecule has 0 unspecified atom stereocenters. The van der Waals surface area contributed by atoms with E-state index < -0.39 is 45.6 Å². The standard InChI is InChI=1S/C29H38O8/c1-15(30)35-21-12-18-25(2,3)19(31)13-20(33-7)27(18,5)17-8-10-26(4)22(16-9-11-34-14-16)36-24(32)23-29(26,37-23)28(17,21)6/h9,11,14,17-18,20-23H,8,10,12-13H2,1-7H3/t17-,18+,20+,21-,22+,23-,26+,27-,28+,29-/m1/s1. The summed E-state index contributed by atoms with van der Waals surface area (Å²) in [5, 5.41) is 0. The van der Waals surface area contributed by atoms with E-state index in [9.17, 15) is 14.4 Å². The molecule has 3 heterocycles. The number of methoxy groups -OCH3 is 1. The van der Waals surface area contributed by atoms with Gasteiger partial charge in [0.15, 0.2) is 6.10 Å². The van der Waals surface area contributed by atoms with E-state index >= 15 is 0 Å². The van der Waals surface area contributed by atoms with Crippen LogP contribution >= 0.6 is 0 Å². The molecule has 10 atom stereocenters. The zero-order valence-electron chi connectivity index (χ0n) is 22.8. The van der Waals surface area contributed by atoms with E-state index in [1.165, 1.54) is 6.92 Å². The van der Waals surface area contributed by atoms with Crippen LogP contribution in [-0.2, 0) is 33.3 Å². The SMILES string of the molecule is CO[C@H]1CC(=O)C(C)(C)[C@@H]2C[C@@H](OC(C)=O)[C@]3(C)[C@H](CC[C@@]4(C)[C@H](c5ccoc5)OC(=O)[C@H]5O[C@@]534)[C@@]12C. The molecule has 5 aliphatic rings. The molecule has 1 spiro atoms. The monoisotopic (exact) mass is 514 g/mol. The van der Waals surface area contributed by atoms with Gasteiger partial charge in [0.1, 0.15) is 23.6 Å². The maximum atomic E-state index is 13.4. The van der Waals surface area contributed by atoms with Gasteiger partial charge in [-0.1, -0.05) is 34.6 Å². The summed E-state index contributed by atoms with van der Waals surface area (Å²) in [7, 11) is 1.68. The fourth-order valence-corrected chi connectivity index (χ4v) is 9.96. The van der Waals surface area contributed by atoms with Crippen LogP contribution in [0.15, 0.2) is 23.0 Å². The maximum absolute atomic E-state index is 13.4. The van der Waals surface area contributed by atoms with Crippen molar-refractivity contribution in [3.05, 3.63) is 24.2 Å². The lowest BCUT2D eigenvalue weighted by atomic mass is 9.34. The molecule has 8 nitrogen and oxygen atoms in total. The Labute approximate surface area is 217 Å². The van der Waals surface area contributed by atoms with Crippen LogP contribution in [0.2, 0.25) is 0 Å². The van der Waals surface area contributed by atoms with Gasteiger partial charge in [0.05, 0.1) is 18.6 Å². The number of esters is 2. The number of carbonyl (C=O) groups is 3. The second-order valence-electron chi connectivity index (χ2n) is 13.2. The minimum absolute atomic E-state index is 0.0191. The first-order chi connectivity index (χ1) is 17.3. The second-order valence-corrected chi connectivity index (χ2v) is 13.2. The smallest absolute Gasteiger partial charge is 0.339 e. The van der Waals surface area contributed by atoms with Crippen LogP contribution in [0, 0.1) is 33.5 Å². The average molecular weight is 515 g/mol. The van der Waals surface area contributed by atoms with E-state index in [0.29, 0.717) is 12.8 Å². The van der Waals surface area contributed by atoms with E-state index in [1.54, 1.807) is 19.6 Å². The Bertz CT molecular complexity index is 1160. The van der Waals surface area contributed by atoms with Crippen LogP contribution in [0.4, 0.5) is 0 Å². The molecule has 0 radical (unpaired) electrons. The highest BCUT2D eigenvalue weighted by atomic mass is 16.7. The molecule has 2 aliphatic heterocycles. The third-order valence-electron chi connectivity index (χ3n) is 11.7. The van der Waals surface area contributed by atoms with Crippen LogP contribution in [0.5, 0.6) is 0 Å². The van der Waals surface area contributed by atoms with E-state index in [-0.39, 0.29) is 35.7 Å². The van der Waals surface area contributed by atoms with E-state index in [1.807, 2.05) is 19.9 Å². The molecule has 3 aliphatic carbocycles. The number of ketones is 1. The Morgan fingerprint density at radius 2 is 1.78 bits per heavy atom. The minimum Gasteiger partial charge on any atom is -0.472 e. The lowest BCUT2D eigenvalue weighted by Gasteiger charge is -2.70. The summed E-state index contributed by atoms with van der Waals surface area (Å²) in [6.07, 6.45) is 3.52. The number of ether oxygens (including phenoxy) is 4. The summed E-state index contributed by atoms with van der Waals surface area (Å²) in [5.74, 6) is -0.668. The molecule has 0 bridgehead atoms. The number of hydrogen-bond acceptors (Lipinski definition) is 8. The number of rotatable bonds is 3. The number of epoxide rings is 1. The average Bonchev–Trinajstić information content (AvgIpc) is 3.40. The third-order valence-corrected chi connectivity index (χ3v) is 11.7. The number of hydrogen-bond donors (Lipinski definition) is 0. The predicted octanol–water partition coefficient (Wildman–Crippen LogP) is 4.41. The molecule has 5 fully saturated rings. The zero-order chi connectivity index (χ0) is 26.8. The van der Waals surface area contributed by atoms with Crippen molar-refractivity contribution in [3.8, 4) is 0 Å². The molecule has 8 heteroatoms. The Kier molecular flexibility index (Phi) is 5.07. The molecule has 0 amide bonds. The minimum atomic E-state index is -0.891. The van der Waals surface area contributed by atoms with Crippen molar-refractivity contribution in [2.75, 3.05) is 7.11 Å². The van der Waals surface area contributed by atoms with Gasteiger partial charge in [-0.15, -0.1) is 0 Å². The topological polar surface area (TPSA) is 105 Å². The first-order valence-corrected chi connectivity index (χ1v) is 13.4. The van der Waals surface area contributed by atoms with Gasteiger partial charge in [-0.05, 0) is 37.2 Å². The fraction of sp³-hybridized carbons (Fsp3) is 0.759. The van der Waals surface area contributed by atoms with Crippen molar-refractivity contribution in [2.24, 2.45) is 33.5 Å². The number of cyclic esters (lactones) is 1. The normalized spacial score (nSPS) is 49.6. The maximum Gasteiger partial charge on any atom is 0.339 e. The number of carbonyl (C=O) groups excluding carboxylic acids is 3. The number of Topliss-reactive ketones (excluding diaryl/α,β-unsaturated/α-hetero) is 1. The predicted molar refractivity (Wildman–Crippen MR) is 130 cm³/mol. The van der Waals surface area contributed by atoms with Crippen molar-refractivity contribution < 1.29 is 37.7 Å². The van der Waals surface area contributed by atoms with E-state index in [4.69, 9.17) is 23.4 Å². The Morgan fingerprint density at radius 1 is 1.05 bits per heavy atom. The largest absolute Gasteiger partial charge is 0.472 e. The van der Waals surface area contributed by atoms with Crippen LogP contribution in [0.3, 0.4) is 0 Å².